The fourth-order valence-corrected chi connectivity index (χ4v) is 0.887. The minimum Gasteiger partial charge on any atom is -0.396 e. The summed E-state index contributed by atoms with van der Waals surface area (Å²) in [6.45, 7) is 1.08. The van der Waals surface area contributed by atoms with Crippen molar-refractivity contribution in [2.75, 3.05) is 12.3 Å². The van der Waals surface area contributed by atoms with Crippen LogP contribution in [-0.2, 0) is 6.54 Å². The molecule has 4 heteroatoms. The first-order valence-electron chi connectivity index (χ1n) is 3.71. The third-order valence-electron chi connectivity index (χ3n) is 1.45. The standard InChI is InChI=1S/C7H13N3O/c8-7-5-9-10(6-7)3-1-2-4-11/h5-6,11H,1-4,8H2. The van der Waals surface area contributed by atoms with E-state index in [4.69, 9.17) is 10.8 Å². The molecule has 0 amide bonds. The summed E-state index contributed by atoms with van der Waals surface area (Å²) >= 11 is 0. The number of nitrogen functional groups attached to an aromatic ring is 1. The predicted molar refractivity (Wildman–Crippen MR) is 43.0 cm³/mol. The van der Waals surface area contributed by atoms with Gasteiger partial charge in [-0.05, 0) is 12.8 Å². The summed E-state index contributed by atoms with van der Waals surface area (Å²) in [5, 5.41) is 12.5. The number of aliphatic hydroxyl groups excluding tert-OH is 1. The first-order chi connectivity index (χ1) is 5.33. The van der Waals surface area contributed by atoms with Crippen molar-refractivity contribution >= 4 is 5.69 Å². The lowest BCUT2D eigenvalue weighted by atomic mass is 10.3. The number of anilines is 1. The van der Waals surface area contributed by atoms with Gasteiger partial charge in [0, 0.05) is 19.3 Å². The normalized spacial score (nSPS) is 10.3. The molecule has 0 fully saturated rings. The molecule has 1 rings (SSSR count). The Kier molecular flexibility index (Phi) is 2.92. The van der Waals surface area contributed by atoms with Gasteiger partial charge in [0.25, 0.3) is 0 Å². The molecule has 0 unspecified atom stereocenters. The Bertz CT molecular complexity index is 209. The second-order valence-electron chi connectivity index (χ2n) is 2.47. The van der Waals surface area contributed by atoms with Gasteiger partial charge in [0.15, 0.2) is 0 Å². The van der Waals surface area contributed by atoms with E-state index in [1.54, 1.807) is 17.1 Å². The van der Waals surface area contributed by atoms with Crippen LogP contribution in [0.25, 0.3) is 0 Å². The predicted octanol–water partition coefficient (Wildman–Crippen LogP) is 0.238. The van der Waals surface area contributed by atoms with Crippen molar-refractivity contribution in [3.05, 3.63) is 12.4 Å². The quantitative estimate of drug-likeness (QED) is 0.612. The lowest BCUT2D eigenvalue weighted by Gasteiger charge is -1.97. The van der Waals surface area contributed by atoms with E-state index in [1.165, 1.54) is 0 Å². The van der Waals surface area contributed by atoms with Crippen molar-refractivity contribution in [2.45, 2.75) is 19.4 Å². The molecule has 0 aliphatic heterocycles. The van der Waals surface area contributed by atoms with Crippen LogP contribution in [0, 0.1) is 0 Å². The molecule has 0 radical (unpaired) electrons. The van der Waals surface area contributed by atoms with Gasteiger partial charge < -0.3 is 10.8 Å². The Hall–Kier alpha value is -1.03. The van der Waals surface area contributed by atoms with E-state index in [0.717, 1.165) is 19.4 Å². The molecule has 11 heavy (non-hydrogen) atoms. The molecule has 0 aliphatic carbocycles. The Morgan fingerprint density at radius 1 is 1.55 bits per heavy atom. The van der Waals surface area contributed by atoms with Gasteiger partial charge >= 0.3 is 0 Å². The van der Waals surface area contributed by atoms with E-state index in [1.807, 2.05) is 0 Å². The molecule has 62 valence electrons. The summed E-state index contributed by atoms with van der Waals surface area (Å²) in [6, 6.07) is 0. The van der Waals surface area contributed by atoms with Gasteiger partial charge in [0.05, 0.1) is 11.9 Å². The van der Waals surface area contributed by atoms with E-state index in [9.17, 15) is 0 Å². The van der Waals surface area contributed by atoms with Gasteiger partial charge in [0.2, 0.25) is 0 Å². The second-order valence-corrected chi connectivity index (χ2v) is 2.47. The molecule has 1 aromatic rings. The molecule has 3 N–H and O–H groups in total. The summed E-state index contributed by atoms with van der Waals surface area (Å²) in [5.41, 5.74) is 6.14. The number of nitrogens with two attached hydrogens (primary N) is 1. The number of aliphatic hydroxyl groups is 1. The van der Waals surface area contributed by atoms with Crippen molar-refractivity contribution in [3.63, 3.8) is 0 Å². The first-order valence-corrected chi connectivity index (χ1v) is 3.71. The molecule has 0 spiro atoms. The average molecular weight is 155 g/mol. The van der Waals surface area contributed by atoms with E-state index in [0.29, 0.717) is 5.69 Å². The van der Waals surface area contributed by atoms with Crippen LogP contribution in [0.5, 0.6) is 0 Å². The zero-order chi connectivity index (χ0) is 8.10. The number of hydrogen-bond acceptors (Lipinski definition) is 3. The Labute approximate surface area is 65.6 Å². The van der Waals surface area contributed by atoms with Gasteiger partial charge in [-0.2, -0.15) is 5.10 Å². The second kappa shape index (κ2) is 3.98. The first kappa shape index (κ1) is 8.07. The SMILES string of the molecule is Nc1cnn(CCCCO)c1. The van der Waals surface area contributed by atoms with E-state index < -0.39 is 0 Å². The maximum absolute atomic E-state index is 8.50. The molecule has 1 heterocycles. The fourth-order valence-electron chi connectivity index (χ4n) is 0.887. The van der Waals surface area contributed by atoms with E-state index in [2.05, 4.69) is 5.10 Å². The number of hydrogen-bond donors (Lipinski definition) is 2. The molecular weight excluding hydrogens is 142 g/mol. The summed E-state index contributed by atoms with van der Waals surface area (Å²) in [4.78, 5) is 0. The smallest absolute Gasteiger partial charge is 0.0719 e. The highest BCUT2D eigenvalue weighted by atomic mass is 16.2. The van der Waals surface area contributed by atoms with Crippen LogP contribution >= 0.6 is 0 Å². The number of nitrogens with zero attached hydrogens (tertiary/aromatic N) is 2. The molecule has 0 bridgehead atoms. The van der Waals surface area contributed by atoms with Gasteiger partial charge in [-0.1, -0.05) is 0 Å². The number of aromatic nitrogens is 2. The Balaban J connectivity index is 2.27. The molecule has 0 atom stereocenters. The van der Waals surface area contributed by atoms with Crippen molar-refractivity contribution < 1.29 is 5.11 Å². The topological polar surface area (TPSA) is 64.1 Å². The molecule has 0 saturated heterocycles. The van der Waals surface area contributed by atoms with Gasteiger partial charge in [-0.3, -0.25) is 4.68 Å². The lowest BCUT2D eigenvalue weighted by molar-refractivity contribution is 0.280. The zero-order valence-corrected chi connectivity index (χ0v) is 6.40. The summed E-state index contributed by atoms with van der Waals surface area (Å²) in [7, 11) is 0. The monoisotopic (exact) mass is 155 g/mol. The zero-order valence-electron chi connectivity index (χ0n) is 6.40. The maximum Gasteiger partial charge on any atom is 0.0719 e. The maximum atomic E-state index is 8.50. The van der Waals surface area contributed by atoms with E-state index >= 15 is 0 Å². The average Bonchev–Trinajstić information content (AvgIpc) is 2.37. The summed E-state index contributed by atoms with van der Waals surface area (Å²) < 4.78 is 1.78. The highest BCUT2D eigenvalue weighted by Gasteiger charge is 1.92. The van der Waals surface area contributed by atoms with Crippen molar-refractivity contribution in [3.8, 4) is 0 Å². The Morgan fingerprint density at radius 3 is 2.91 bits per heavy atom. The third-order valence-corrected chi connectivity index (χ3v) is 1.45. The van der Waals surface area contributed by atoms with Crippen LogP contribution in [0.2, 0.25) is 0 Å². The minimum atomic E-state index is 0.247. The molecule has 1 aromatic heterocycles. The lowest BCUT2D eigenvalue weighted by Crippen LogP contribution is -1.98. The van der Waals surface area contributed by atoms with Crippen LogP contribution in [-0.4, -0.2) is 21.5 Å². The molecule has 4 nitrogen and oxygen atoms in total. The largest absolute Gasteiger partial charge is 0.396 e. The number of aryl methyl sites for hydroxylation is 1. The molecule has 0 saturated carbocycles. The fraction of sp³-hybridized carbons (Fsp3) is 0.571. The van der Waals surface area contributed by atoms with Crippen molar-refractivity contribution in [1.29, 1.82) is 0 Å². The number of unbranched alkanes of at least 4 members (excludes halogenated alkanes) is 1. The number of rotatable bonds is 4. The van der Waals surface area contributed by atoms with Crippen molar-refractivity contribution in [1.82, 2.24) is 9.78 Å². The van der Waals surface area contributed by atoms with Gasteiger partial charge in [-0.25, -0.2) is 0 Å². The van der Waals surface area contributed by atoms with Crippen LogP contribution in [0.4, 0.5) is 5.69 Å². The van der Waals surface area contributed by atoms with E-state index in [-0.39, 0.29) is 6.61 Å². The molecule has 0 aliphatic rings. The minimum absolute atomic E-state index is 0.247. The van der Waals surface area contributed by atoms with Crippen LogP contribution in [0.1, 0.15) is 12.8 Å². The molecular formula is C7H13N3O. The summed E-state index contributed by atoms with van der Waals surface area (Å²) in [5.74, 6) is 0. The van der Waals surface area contributed by atoms with Gasteiger partial charge in [-0.15, -0.1) is 0 Å². The van der Waals surface area contributed by atoms with Crippen LogP contribution in [0.3, 0.4) is 0 Å². The Morgan fingerprint density at radius 2 is 2.36 bits per heavy atom. The van der Waals surface area contributed by atoms with Crippen LogP contribution < -0.4 is 5.73 Å². The third kappa shape index (κ3) is 2.59. The van der Waals surface area contributed by atoms with Gasteiger partial charge in [0.1, 0.15) is 0 Å². The molecule has 0 aromatic carbocycles. The van der Waals surface area contributed by atoms with Crippen LogP contribution in [0.15, 0.2) is 12.4 Å². The van der Waals surface area contributed by atoms with Crippen molar-refractivity contribution in [2.24, 2.45) is 0 Å². The highest BCUT2D eigenvalue weighted by molar-refractivity contribution is 5.30. The summed E-state index contributed by atoms with van der Waals surface area (Å²) in [6.07, 6.45) is 5.17. The highest BCUT2D eigenvalue weighted by Crippen LogP contribution is 1.99.